The molecule has 0 aliphatic rings. The second-order valence-electron chi connectivity index (χ2n) is 5.57. The maximum atomic E-state index is 12.5. The van der Waals surface area contributed by atoms with E-state index in [9.17, 15) is 4.79 Å². The van der Waals surface area contributed by atoms with Gasteiger partial charge in [0.1, 0.15) is 0 Å². The van der Waals surface area contributed by atoms with Gasteiger partial charge in [0, 0.05) is 23.7 Å². The third-order valence-electron chi connectivity index (χ3n) is 3.90. The van der Waals surface area contributed by atoms with Gasteiger partial charge in [-0.3, -0.25) is 15.2 Å². The minimum absolute atomic E-state index is 0.176. The number of anilines is 2. The highest BCUT2D eigenvalue weighted by molar-refractivity contribution is 5.99. The van der Waals surface area contributed by atoms with Crippen molar-refractivity contribution in [2.24, 2.45) is 0 Å². The zero-order valence-corrected chi connectivity index (χ0v) is 13.2. The van der Waals surface area contributed by atoms with Crippen LogP contribution in [0.2, 0.25) is 0 Å². The Morgan fingerprint density at radius 2 is 1.78 bits per heavy atom. The SMILES string of the molecule is Cc1ccc(N)cc1C(=O)NN(C)c1cccc2ccccc12. The first-order valence-corrected chi connectivity index (χ1v) is 7.45. The summed E-state index contributed by atoms with van der Waals surface area (Å²) in [7, 11) is 1.83. The van der Waals surface area contributed by atoms with Gasteiger partial charge in [-0.05, 0) is 36.1 Å². The first-order valence-electron chi connectivity index (χ1n) is 7.45. The van der Waals surface area contributed by atoms with Gasteiger partial charge >= 0.3 is 0 Å². The molecule has 4 nitrogen and oxygen atoms in total. The van der Waals surface area contributed by atoms with Crippen LogP contribution >= 0.6 is 0 Å². The quantitative estimate of drug-likeness (QED) is 0.575. The van der Waals surface area contributed by atoms with Gasteiger partial charge < -0.3 is 5.73 Å². The van der Waals surface area contributed by atoms with Crippen LogP contribution in [0.15, 0.2) is 60.7 Å². The van der Waals surface area contributed by atoms with Gasteiger partial charge in [-0.1, -0.05) is 42.5 Å². The van der Waals surface area contributed by atoms with Crippen molar-refractivity contribution in [2.75, 3.05) is 17.8 Å². The summed E-state index contributed by atoms with van der Waals surface area (Å²) in [6.07, 6.45) is 0. The molecule has 0 aromatic heterocycles. The van der Waals surface area contributed by atoms with E-state index in [0.717, 1.165) is 22.0 Å². The van der Waals surface area contributed by atoms with Gasteiger partial charge in [0.25, 0.3) is 5.91 Å². The van der Waals surface area contributed by atoms with E-state index in [1.54, 1.807) is 17.1 Å². The third-order valence-corrected chi connectivity index (χ3v) is 3.90. The number of aryl methyl sites for hydroxylation is 1. The molecule has 0 unspecified atom stereocenters. The van der Waals surface area contributed by atoms with Gasteiger partial charge in [0.2, 0.25) is 0 Å². The Kier molecular flexibility index (Phi) is 3.89. The van der Waals surface area contributed by atoms with Crippen molar-refractivity contribution < 1.29 is 4.79 Å². The highest BCUT2D eigenvalue weighted by atomic mass is 16.2. The number of nitrogens with one attached hydrogen (secondary N) is 1. The Morgan fingerprint density at radius 1 is 1.04 bits per heavy atom. The maximum Gasteiger partial charge on any atom is 0.270 e. The molecule has 116 valence electrons. The van der Waals surface area contributed by atoms with Crippen LogP contribution < -0.4 is 16.2 Å². The molecule has 0 atom stereocenters. The highest BCUT2D eigenvalue weighted by Gasteiger charge is 2.13. The molecule has 0 bridgehead atoms. The van der Waals surface area contributed by atoms with E-state index in [-0.39, 0.29) is 5.91 Å². The fourth-order valence-corrected chi connectivity index (χ4v) is 2.66. The summed E-state index contributed by atoms with van der Waals surface area (Å²) in [6, 6.07) is 19.4. The molecule has 0 saturated heterocycles. The molecule has 0 fully saturated rings. The number of rotatable bonds is 3. The summed E-state index contributed by atoms with van der Waals surface area (Å²) in [4.78, 5) is 12.5. The molecule has 0 aliphatic heterocycles. The number of fused-ring (bicyclic) bond motifs is 1. The molecule has 23 heavy (non-hydrogen) atoms. The molecule has 3 aromatic carbocycles. The summed E-state index contributed by atoms with van der Waals surface area (Å²) in [5.74, 6) is -0.176. The average Bonchev–Trinajstić information content (AvgIpc) is 2.56. The molecular formula is C19H19N3O. The minimum Gasteiger partial charge on any atom is -0.399 e. The van der Waals surface area contributed by atoms with Crippen LogP contribution in [-0.2, 0) is 0 Å². The molecule has 0 spiro atoms. The molecule has 0 aliphatic carbocycles. The number of hydrogen-bond acceptors (Lipinski definition) is 3. The Hall–Kier alpha value is -3.01. The Balaban J connectivity index is 1.90. The molecule has 1 amide bonds. The molecule has 0 radical (unpaired) electrons. The number of hydrogen-bond donors (Lipinski definition) is 2. The van der Waals surface area contributed by atoms with Crippen molar-refractivity contribution in [1.82, 2.24) is 5.43 Å². The highest BCUT2D eigenvalue weighted by Crippen LogP contribution is 2.25. The van der Waals surface area contributed by atoms with Crippen LogP contribution in [0.1, 0.15) is 15.9 Å². The summed E-state index contributed by atoms with van der Waals surface area (Å²) >= 11 is 0. The van der Waals surface area contributed by atoms with E-state index in [2.05, 4.69) is 17.6 Å². The molecule has 3 rings (SSSR count). The van der Waals surface area contributed by atoms with Crippen molar-refractivity contribution in [2.45, 2.75) is 6.92 Å². The summed E-state index contributed by atoms with van der Waals surface area (Å²) in [5.41, 5.74) is 11.7. The van der Waals surface area contributed by atoms with Crippen molar-refractivity contribution in [3.63, 3.8) is 0 Å². The lowest BCUT2D eigenvalue weighted by atomic mass is 10.1. The van der Waals surface area contributed by atoms with E-state index in [1.165, 1.54) is 0 Å². The number of nitrogens with two attached hydrogens (primary N) is 1. The first-order chi connectivity index (χ1) is 11.1. The second-order valence-corrected chi connectivity index (χ2v) is 5.57. The van der Waals surface area contributed by atoms with E-state index >= 15 is 0 Å². The predicted molar refractivity (Wildman–Crippen MR) is 95.4 cm³/mol. The number of carbonyl (C=O) groups excluding carboxylic acids is 1. The smallest absolute Gasteiger partial charge is 0.270 e. The fourth-order valence-electron chi connectivity index (χ4n) is 2.66. The van der Waals surface area contributed by atoms with Crippen LogP contribution in [0, 0.1) is 6.92 Å². The molecule has 3 N–H and O–H groups in total. The van der Waals surface area contributed by atoms with E-state index < -0.39 is 0 Å². The monoisotopic (exact) mass is 305 g/mol. The summed E-state index contributed by atoms with van der Waals surface area (Å²) < 4.78 is 0. The molecule has 4 heteroatoms. The van der Waals surface area contributed by atoms with Crippen LogP contribution in [0.3, 0.4) is 0 Å². The van der Waals surface area contributed by atoms with Crippen molar-refractivity contribution in [3.05, 3.63) is 71.8 Å². The molecule has 0 saturated carbocycles. The Bertz CT molecular complexity index is 868. The van der Waals surface area contributed by atoms with Gasteiger partial charge in [-0.15, -0.1) is 0 Å². The number of carbonyl (C=O) groups is 1. The summed E-state index contributed by atoms with van der Waals surface area (Å²) in [5, 5.41) is 3.96. The van der Waals surface area contributed by atoms with Crippen molar-refractivity contribution >= 4 is 28.1 Å². The second kappa shape index (κ2) is 6.01. The zero-order chi connectivity index (χ0) is 16.4. The normalized spacial score (nSPS) is 10.5. The van der Waals surface area contributed by atoms with E-state index in [0.29, 0.717) is 11.3 Å². The van der Waals surface area contributed by atoms with Crippen LogP contribution in [0.5, 0.6) is 0 Å². The topological polar surface area (TPSA) is 58.4 Å². The molecule has 0 heterocycles. The molecule has 3 aromatic rings. The van der Waals surface area contributed by atoms with Gasteiger partial charge in [0.05, 0.1) is 5.69 Å². The fraction of sp³-hybridized carbons (Fsp3) is 0.105. The van der Waals surface area contributed by atoms with Crippen molar-refractivity contribution in [1.29, 1.82) is 0 Å². The van der Waals surface area contributed by atoms with Crippen LogP contribution in [-0.4, -0.2) is 13.0 Å². The summed E-state index contributed by atoms with van der Waals surface area (Å²) in [6.45, 7) is 1.90. The lowest BCUT2D eigenvalue weighted by Gasteiger charge is -2.22. The lowest BCUT2D eigenvalue weighted by Crippen LogP contribution is -2.39. The third kappa shape index (κ3) is 2.97. The van der Waals surface area contributed by atoms with Gasteiger partial charge in [-0.25, -0.2) is 0 Å². The Morgan fingerprint density at radius 3 is 2.61 bits per heavy atom. The standard InChI is InChI=1S/C19H19N3O/c1-13-10-11-15(20)12-17(13)19(23)21-22(2)18-9-5-7-14-6-3-4-8-16(14)18/h3-12H,20H2,1-2H3,(H,21,23). The number of amides is 1. The van der Waals surface area contributed by atoms with E-state index in [1.807, 2.05) is 50.4 Å². The largest absolute Gasteiger partial charge is 0.399 e. The number of hydrazine groups is 1. The van der Waals surface area contributed by atoms with E-state index in [4.69, 9.17) is 5.73 Å². The Labute approximate surface area is 135 Å². The van der Waals surface area contributed by atoms with Crippen LogP contribution in [0.25, 0.3) is 10.8 Å². The lowest BCUT2D eigenvalue weighted by molar-refractivity contribution is 0.0951. The number of benzene rings is 3. The maximum absolute atomic E-state index is 12.5. The minimum atomic E-state index is -0.176. The van der Waals surface area contributed by atoms with Crippen LogP contribution in [0.4, 0.5) is 11.4 Å². The predicted octanol–water partition coefficient (Wildman–Crippen LogP) is 3.51. The number of nitrogens with zero attached hydrogens (tertiary/aromatic N) is 1. The first kappa shape index (κ1) is 14.9. The van der Waals surface area contributed by atoms with Crippen molar-refractivity contribution in [3.8, 4) is 0 Å². The average molecular weight is 305 g/mol. The van der Waals surface area contributed by atoms with Gasteiger partial charge in [-0.2, -0.15) is 0 Å². The number of nitrogen functional groups attached to an aromatic ring is 1. The van der Waals surface area contributed by atoms with Gasteiger partial charge in [0.15, 0.2) is 0 Å². The zero-order valence-electron chi connectivity index (χ0n) is 13.2. The molecular weight excluding hydrogens is 286 g/mol.